The van der Waals surface area contributed by atoms with Crippen molar-refractivity contribution in [2.24, 2.45) is 0 Å². The second kappa shape index (κ2) is 5.31. The second-order valence-electron chi connectivity index (χ2n) is 4.66. The third-order valence-corrected chi connectivity index (χ3v) is 4.95. The third kappa shape index (κ3) is 3.49. The summed E-state index contributed by atoms with van der Waals surface area (Å²) in [5, 5.41) is 2.83. The van der Waals surface area contributed by atoms with Gasteiger partial charge in [0, 0.05) is 25.2 Å². The van der Waals surface area contributed by atoms with Gasteiger partial charge in [-0.05, 0) is 13.8 Å². The Morgan fingerprint density at radius 3 is 2.61 bits per heavy atom. The molecule has 0 aliphatic rings. The zero-order valence-corrected chi connectivity index (χ0v) is 11.3. The Bertz CT molecular complexity index is 497. The molecule has 1 aromatic rings. The van der Waals surface area contributed by atoms with E-state index in [4.69, 9.17) is 0 Å². The van der Waals surface area contributed by atoms with Gasteiger partial charge >= 0.3 is 6.55 Å². The Balaban J connectivity index is 2.60. The van der Waals surface area contributed by atoms with Crippen molar-refractivity contribution in [2.75, 3.05) is 12.8 Å². The molecule has 0 amide bonds. The molecule has 0 atom stereocenters. The van der Waals surface area contributed by atoms with Crippen LogP contribution in [0, 0.1) is 0 Å². The molecule has 0 radical (unpaired) electrons. The van der Waals surface area contributed by atoms with E-state index in [1.165, 1.54) is 12.4 Å². The van der Waals surface area contributed by atoms with E-state index < -0.39 is 21.1 Å². The molecular formula is C10H17F2N3O2S. The summed E-state index contributed by atoms with van der Waals surface area (Å²) in [6.07, 6.45) is 3.61. The maximum absolute atomic E-state index is 12.5. The normalized spacial score (nSPS) is 13.2. The molecular weight excluding hydrogens is 264 g/mol. The minimum Gasteiger partial charge on any atom is -0.308 e. The Morgan fingerprint density at radius 2 is 2.11 bits per heavy atom. The fourth-order valence-corrected chi connectivity index (χ4v) is 1.63. The van der Waals surface area contributed by atoms with Gasteiger partial charge in [0.1, 0.15) is 5.82 Å². The molecule has 0 saturated carbocycles. The van der Waals surface area contributed by atoms with Gasteiger partial charge in [0.25, 0.3) is 0 Å². The predicted octanol–water partition coefficient (Wildman–Crippen LogP) is 1.19. The van der Waals surface area contributed by atoms with E-state index in [0.717, 1.165) is 10.8 Å². The van der Waals surface area contributed by atoms with Crippen molar-refractivity contribution < 1.29 is 17.2 Å². The average Bonchev–Trinajstić information content (AvgIpc) is 2.63. The molecule has 0 bridgehead atoms. The lowest BCUT2D eigenvalue weighted by molar-refractivity contribution is 0.0666. The van der Waals surface area contributed by atoms with Crippen molar-refractivity contribution >= 4 is 9.84 Å². The predicted molar refractivity (Wildman–Crippen MR) is 64.1 cm³/mol. The van der Waals surface area contributed by atoms with Crippen molar-refractivity contribution in [1.29, 1.82) is 0 Å². The number of hydrogen-bond acceptors (Lipinski definition) is 4. The molecule has 0 saturated heterocycles. The molecule has 0 aliphatic heterocycles. The van der Waals surface area contributed by atoms with Gasteiger partial charge in [-0.2, -0.15) is 8.78 Å². The molecule has 1 rings (SSSR count). The number of imidazole rings is 1. The summed E-state index contributed by atoms with van der Waals surface area (Å²) in [6.45, 7) is 0.773. The first-order valence-electron chi connectivity index (χ1n) is 5.35. The van der Waals surface area contributed by atoms with Crippen LogP contribution < -0.4 is 5.32 Å². The second-order valence-corrected chi connectivity index (χ2v) is 7.31. The number of alkyl halides is 2. The van der Waals surface area contributed by atoms with Crippen LogP contribution in [0.1, 0.15) is 26.2 Å². The van der Waals surface area contributed by atoms with E-state index in [9.17, 15) is 17.2 Å². The maximum atomic E-state index is 12.5. The first-order valence-corrected chi connectivity index (χ1v) is 7.24. The lowest BCUT2D eigenvalue weighted by Crippen LogP contribution is -2.41. The summed E-state index contributed by atoms with van der Waals surface area (Å²) < 4.78 is 47.7. The van der Waals surface area contributed by atoms with Crippen LogP contribution >= 0.6 is 0 Å². The molecule has 104 valence electrons. The van der Waals surface area contributed by atoms with Gasteiger partial charge in [-0.25, -0.2) is 13.4 Å². The molecule has 1 aromatic heterocycles. The molecule has 0 fully saturated rings. The van der Waals surface area contributed by atoms with Gasteiger partial charge in [-0.15, -0.1) is 0 Å². The van der Waals surface area contributed by atoms with Crippen LogP contribution in [0.25, 0.3) is 0 Å². The smallest absolute Gasteiger partial charge is 0.308 e. The van der Waals surface area contributed by atoms with Crippen LogP contribution in [0.3, 0.4) is 0 Å². The summed E-state index contributed by atoms with van der Waals surface area (Å²) in [5.41, 5.74) is 0. The quantitative estimate of drug-likeness (QED) is 0.850. The van der Waals surface area contributed by atoms with Gasteiger partial charge < -0.3 is 5.32 Å². The SMILES string of the molecule is CC(C)(CNCc1nccn1C(F)F)S(C)(=O)=O. The number of sulfone groups is 1. The summed E-state index contributed by atoms with van der Waals surface area (Å²) in [7, 11) is -3.21. The minimum atomic E-state index is -3.21. The highest BCUT2D eigenvalue weighted by molar-refractivity contribution is 7.92. The number of rotatable bonds is 6. The molecule has 0 unspecified atom stereocenters. The largest absolute Gasteiger partial charge is 0.319 e. The number of nitrogens with zero attached hydrogens (tertiary/aromatic N) is 2. The van der Waals surface area contributed by atoms with Crippen LogP contribution in [-0.4, -0.2) is 35.5 Å². The monoisotopic (exact) mass is 281 g/mol. The number of nitrogens with one attached hydrogen (secondary N) is 1. The summed E-state index contributed by atoms with van der Waals surface area (Å²) >= 11 is 0. The Labute approximate surface area is 105 Å². The van der Waals surface area contributed by atoms with Gasteiger partial charge in [0.2, 0.25) is 0 Å². The molecule has 1 N–H and O–H groups in total. The van der Waals surface area contributed by atoms with Crippen molar-refractivity contribution in [1.82, 2.24) is 14.9 Å². The molecule has 0 aliphatic carbocycles. The van der Waals surface area contributed by atoms with E-state index in [1.807, 2.05) is 0 Å². The highest BCUT2D eigenvalue weighted by Crippen LogP contribution is 2.15. The topological polar surface area (TPSA) is 64.0 Å². The highest BCUT2D eigenvalue weighted by atomic mass is 32.2. The summed E-state index contributed by atoms with van der Waals surface area (Å²) in [4.78, 5) is 3.79. The van der Waals surface area contributed by atoms with Gasteiger partial charge in [0.15, 0.2) is 9.84 Å². The molecule has 18 heavy (non-hydrogen) atoms. The van der Waals surface area contributed by atoms with Crippen LogP contribution in [0.15, 0.2) is 12.4 Å². The Kier molecular flexibility index (Phi) is 4.44. The Hall–Kier alpha value is -1.02. The third-order valence-electron chi connectivity index (χ3n) is 2.80. The van der Waals surface area contributed by atoms with Gasteiger partial charge in [-0.1, -0.05) is 0 Å². The van der Waals surface area contributed by atoms with Crippen LogP contribution in [0.4, 0.5) is 8.78 Å². The fourth-order valence-electron chi connectivity index (χ4n) is 1.26. The lowest BCUT2D eigenvalue weighted by Gasteiger charge is -2.22. The average molecular weight is 281 g/mol. The molecule has 8 heteroatoms. The first-order chi connectivity index (χ1) is 8.15. The van der Waals surface area contributed by atoms with Crippen molar-refractivity contribution in [3.8, 4) is 0 Å². The van der Waals surface area contributed by atoms with Crippen molar-refractivity contribution in [3.05, 3.63) is 18.2 Å². The summed E-state index contributed by atoms with van der Waals surface area (Å²) in [6, 6.07) is 0. The van der Waals surface area contributed by atoms with Crippen molar-refractivity contribution in [3.63, 3.8) is 0 Å². The minimum absolute atomic E-state index is 0.0935. The molecule has 0 aromatic carbocycles. The zero-order valence-electron chi connectivity index (χ0n) is 10.5. The Morgan fingerprint density at radius 1 is 1.50 bits per heavy atom. The van der Waals surface area contributed by atoms with Crippen molar-refractivity contribution in [2.45, 2.75) is 31.7 Å². The van der Waals surface area contributed by atoms with E-state index in [0.29, 0.717) is 0 Å². The number of aromatic nitrogens is 2. The summed E-state index contributed by atoms with van der Waals surface area (Å²) in [5.74, 6) is 0.175. The maximum Gasteiger partial charge on any atom is 0.319 e. The van der Waals surface area contributed by atoms with Gasteiger partial charge in [-0.3, -0.25) is 4.57 Å². The zero-order chi connectivity index (χ0) is 14.0. The van der Waals surface area contributed by atoms with Gasteiger partial charge in [0.05, 0.1) is 11.3 Å². The molecule has 0 spiro atoms. The molecule has 1 heterocycles. The molecule has 5 nitrogen and oxygen atoms in total. The standard InChI is InChI=1S/C10H17F2N3O2S/c1-10(2,18(3,16)17)7-13-6-8-14-4-5-15(8)9(11)12/h4-5,9,13H,6-7H2,1-3H3. The van der Waals surface area contributed by atoms with E-state index in [2.05, 4.69) is 10.3 Å². The highest BCUT2D eigenvalue weighted by Gasteiger charge is 2.29. The van der Waals surface area contributed by atoms with E-state index in [-0.39, 0.29) is 18.9 Å². The first kappa shape index (κ1) is 15.0. The number of hydrogen-bond donors (Lipinski definition) is 1. The van der Waals surface area contributed by atoms with Crippen LogP contribution in [-0.2, 0) is 16.4 Å². The van der Waals surface area contributed by atoms with E-state index >= 15 is 0 Å². The van der Waals surface area contributed by atoms with Crippen LogP contribution in [0.2, 0.25) is 0 Å². The fraction of sp³-hybridized carbons (Fsp3) is 0.700. The number of halogens is 2. The van der Waals surface area contributed by atoms with Crippen LogP contribution in [0.5, 0.6) is 0 Å². The van der Waals surface area contributed by atoms with E-state index in [1.54, 1.807) is 13.8 Å². The lowest BCUT2D eigenvalue weighted by atomic mass is 10.2.